The molecule has 1 fully saturated rings. The Labute approximate surface area is 111 Å². The standard InChI is InChI=1S/C16H25NO/c1-4-16(18)14-7-5-6-8-15(14)17-10-9-13(11-17)12(2)3/h5-8,12-13,16,18H,4,9-11H2,1-3H3/t13?,16-/m1/s1. The zero-order valence-corrected chi connectivity index (χ0v) is 11.8. The lowest BCUT2D eigenvalue weighted by Gasteiger charge is -2.24. The second kappa shape index (κ2) is 5.75. The number of hydrogen-bond donors (Lipinski definition) is 1. The Hall–Kier alpha value is -1.02. The maximum atomic E-state index is 10.1. The quantitative estimate of drug-likeness (QED) is 0.878. The van der Waals surface area contributed by atoms with Crippen molar-refractivity contribution < 1.29 is 5.11 Å². The molecule has 2 rings (SSSR count). The van der Waals surface area contributed by atoms with Gasteiger partial charge in [0, 0.05) is 24.3 Å². The third kappa shape index (κ3) is 2.69. The molecule has 0 saturated carbocycles. The molecule has 18 heavy (non-hydrogen) atoms. The van der Waals surface area contributed by atoms with Crippen LogP contribution >= 0.6 is 0 Å². The van der Waals surface area contributed by atoms with Gasteiger partial charge in [-0.25, -0.2) is 0 Å². The number of aliphatic hydroxyl groups excluding tert-OH is 1. The summed E-state index contributed by atoms with van der Waals surface area (Å²) in [5.41, 5.74) is 2.32. The second-order valence-corrected chi connectivity index (χ2v) is 5.72. The summed E-state index contributed by atoms with van der Waals surface area (Å²) in [5, 5.41) is 10.1. The highest BCUT2D eigenvalue weighted by molar-refractivity contribution is 5.55. The van der Waals surface area contributed by atoms with Gasteiger partial charge in [0.1, 0.15) is 0 Å². The Kier molecular flexibility index (Phi) is 4.28. The Balaban J connectivity index is 2.19. The molecule has 1 heterocycles. The van der Waals surface area contributed by atoms with Crippen molar-refractivity contribution in [3.05, 3.63) is 29.8 Å². The summed E-state index contributed by atoms with van der Waals surface area (Å²) in [5.74, 6) is 1.54. The molecule has 2 atom stereocenters. The predicted octanol–water partition coefficient (Wildman–Crippen LogP) is 3.61. The molecule has 0 bridgehead atoms. The molecule has 1 saturated heterocycles. The van der Waals surface area contributed by atoms with Gasteiger partial charge in [0.2, 0.25) is 0 Å². The van der Waals surface area contributed by atoms with Crippen LogP contribution in [0.3, 0.4) is 0 Å². The Morgan fingerprint density at radius 1 is 1.33 bits per heavy atom. The van der Waals surface area contributed by atoms with Gasteiger partial charge in [-0.15, -0.1) is 0 Å². The van der Waals surface area contributed by atoms with Gasteiger partial charge in [-0.1, -0.05) is 39.0 Å². The zero-order chi connectivity index (χ0) is 13.1. The summed E-state index contributed by atoms with van der Waals surface area (Å²) in [6.07, 6.45) is 1.71. The highest BCUT2D eigenvalue weighted by Gasteiger charge is 2.26. The van der Waals surface area contributed by atoms with E-state index in [1.165, 1.54) is 12.1 Å². The summed E-state index contributed by atoms with van der Waals surface area (Å²) in [6.45, 7) is 8.89. The molecule has 1 unspecified atom stereocenters. The van der Waals surface area contributed by atoms with Gasteiger partial charge in [-0.05, 0) is 30.7 Å². The fourth-order valence-corrected chi connectivity index (χ4v) is 2.83. The van der Waals surface area contributed by atoms with Gasteiger partial charge in [-0.3, -0.25) is 0 Å². The predicted molar refractivity (Wildman–Crippen MR) is 76.9 cm³/mol. The number of anilines is 1. The molecule has 1 aromatic carbocycles. The SMILES string of the molecule is CC[C@@H](O)c1ccccc1N1CCC(C(C)C)C1. The summed E-state index contributed by atoms with van der Waals surface area (Å²) in [7, 11) is 0. The summed E-state index contributed by atoms with van der Waals surface area (Å²) >= 11 is 0. The van der Waals surface area contributed by atoms with E-state index in [0.717, 1.165) is 36.9 Å². The second-order valence-electron chi connectivity index (χ2n) is 5.72. The molecule has 1 aromatic rings. The van der Waals surface area contributed by atoms with Crippen LogP contribution in [0.5, 0.6) is 0 Å². The van der Waals surface area contributed by atoms with Crippen LogP contribution in [0.25, 0.3) is 0 Å². The monoisotopic (exact) mass is 247 g/mol. The van der Waals surface area contributed by atoms with Gasteiger partial charge in [0.25, 0.3) is 0 Å². The van der Waals surface area contributed by atoms with E-state index in [0.29, 0.717) is 0 Å². The van der Waals surface area contributed by atoms with Crippen LogP contribution in [0.1, 0.15) is 45.3 Å². The first-order valence-electron chi connectivity index (χ1n) is 7.15. The average molecular weight is 247 g/mol. The lowest BCUT2D eigenvalue weighted by Crippen LogP contribution is -2.22. The fraction of sp³-hybridized carbons (Fsp3) is 0.625. The highest BCUT2D eigenvalue weighted by Crippen LogP contribution is 2.33. The van der Waals surface area contributed by atoms with Crippen molar-refractivity contribution in [2.75, 3.05) is 18.0 Å². The molecule has 0 spiro atoms. The molecule has 2 heteroatoms. The van der Waals surface area contributed by atoms with Crippen LogP contribution in [0.15, 0.2) is 24.3 Å². The molecule has 100 valence electrons. The van der Waals surface area contributed by atoms with E-state index in [1.807, 2.05) is 13.0 Å². The number of nitrogens with zero attached hydrogens (tertiary/aromatic N) is 1. The van der Waals surface area contributed by atoms with Crippen molar-refractivity contribution in [1.82, 2.24) is 0 Å². The third-order valence-corrected chi connectivity index (χ3v) is 4.19. The molecule has 0 aromatic heterocycles. The topological polar surface area (TPSA) is 23.5 Å². The number of para-hydroxylation sites is 1. The van der Waals surface area contributed by atoms with E-state index >= 15 is 0 Å². The first kappa shape index (κ1) is 13.4. The van der Waals surface area contributed by atoms with Crippen LogP contribution in [-0.2, 0) is 0 Å². The van der Waals surface area contributed by atoms with Gasteiger partial charge in [0.15, 0.2) is 0 Å². The largest absolute Gasteiger partial charge is 0.388 e. The molecule has 0 radical (unpaired) electrons. The lowest BCUT2D eigenvalue weighted by molar-refractivity contribution is 0.174. The van der Waals surface area contributed by atoms with Crippen molar-refractivity contribution in [3.8, 4) is 0 Å². The lowest BCUT2D eigenvalue weighted by atomic mass is 9.95. The smallest absolute Gasteiger partial charge is 0.0807 e. The van der Waals surface area contributed by atoms with E-state index < -0.39 is 0 Å². The maximum absolute atomic E-state index is 10.1. The summed E-state index contributed by atoms with van der Waals surface area (Å²) in [6, 6.07) is 8.31. The minimum atomic E-state index is -0.334. The molecule has 1 aliphatic heterocycles. The van der Waals surface area contributed by atoms with Crippen LogP contribution in [0.4, 0.5) is 5.69 Å². The highest BCUT2D eigenvalue weighted by atomic mass is 16.3. The number of aliphatic hydroxyl groups is 1. The van der Waals surface area contributed by atoms with Crippen molar-refractivity contribution in [1.29, 1.82) is 0 Å². The van der Waals surface area contributed by atoms with Crippen molar-refractivity contribution in [3.63, 3.8) is 0 Å². The van der Waals surface area contributed by atoms with Crippen LogP contribution in [-0.4, -0.2) is 18.2 Å². The first-order valence-corrected chi connectivity index (χ1v) is 7.15. The third-order valence-electron chi connectivity index (χ3n) is 4.19. The maximum Gasteiger partial charge on any atom is 0.0807 e. The van der Waals surface area contributed by atoms with E-state index in [2.05, 4.69) is 36.9 Å². The minimum Gasteiger partial charge on any atom is -0.388 e. The van der Waals surface area contributed by atoms with E-state index in [1.54, 1.807) is 0 Å². The van der Waals surface area contributed by atoms with Gasteiger partial charge >= 0.3 is 0 Å². The number of rotatable bonds is 4. The molecule has 1 N–H and O–H groups in total. The molecular weight excluding hydrogens is 222 g/mol. The molecule has 0 amide bonds. The van der Waals surface area contributed by atoms with Crippen molar-refractivity contribution in [2.45, 2.75) is 39.7 Å². The Morgan fingerprint density at radius 2 is 2.06 bits per heavy atom. The average Bonchev–Trinajstić information content (AvgIpc) is 2.87. The molecule has 2 nitrogen and oxygen atoms in total. The van der Waals surface area contributed by atoms with Crippen LogP contribution < -0.4 is 4.90 Å². The first-order chi connectivity index (χ1) is 8.63. The molecule has 1 aliphatic rings. The van der Waals surface area contributed by atoms with Crippen LogP contribution in [0, 0.1) is 11.8 Å². The van der Waals surface area contributed by atoms with Gasteiger partial charge in [-0.2, -0.15) is 0 Å². The normalized spacial score (nSPS) is 21.6. The van der Waals surface area contributed by atoms with E-state index in [4.69, 9.17) is 0 Å². The molecular formula is C16H25NO. The van der Waals surface area contributed by atoms with Crippen molar-refractivity contribution >= 4 is 5.69 Å². The summed E-state index contributed by atoms with van der Waals surface area (Å²) < 4.78 is 0. The Morgan fingerprint density at radius 3 is 2.67 bits per heavy atom. The number of hydrogen-bond acceptors (Lipinski definition) is 2. The minimum absolute atomic E-state index is 0.334. The van der Waals surface area contributed by atoms with Crippen molar-refractivity contribution in [2.24, 2.45) is 11.8 Å². The van der Waals surface area contributed by atoms with Gasteiger partial charge in [0.05, 0.1) is 6.10 Å². The van der Waals surface area contributed by atoms with Gasteiger partial charge < -0.3 is 10.0 Å². The zero-order valence-electron chi connectivity index (χ0n) is 11.8. The van der Waals surface area contributed by atoms with Crippen LogP contribution in [0.2, 0.25) is 0 Å². The Bertz CT molecular complexity index is 388. The van der Waals surface area contributed by atoms with E-state index in [-0.39, 0.29) is 6.10 Å². The molecule has 0 aliphatic carbocycles. The summed E-state index contributed by atoms with van der Waals surface area (Å²) in [4.78, 5) is 2.44. The number of benzene rings is 1. The van der Waals surface area contributed by atoms with E-state index in [9.17, 15) is 5.11 Å². The fourth-order valence-electron chi connectivity index (χ4n) is 2.83.